The van der Waals surface area contributed by atoms with Crippen molar-refractivity contribution in [3.63, 3.8) is 0 Å². The van der Waals surface area contributed by atoms with Crippen molar-refractivity contribution in [3.05, 3.63) is 83.9 Å². The normalized spacial score (nSPS) is 11.1. The van der Waals surface area contributed by atoms with Crippen molar-refractivity contribution in [2.45, 2.75) is 25.2 Å². The van der Waals surface area contributed by atoms with Crippen molar-refractivity contribution in [3.8, 4) is 11.5 Å². The minimum absolute atomic E-state index is 0.203. The maximum absolute atomic E-state index is 12.3. The number of hydrogen-bond donors (Lipinski definition) is 1. The van der Waals surface area contributed by atoms with E-state index in [2.05, 4.69) is 27.0 Å². The van der Waals surface area contributed by atoms with Gasteiger partial charge in [-0.1, -0.05) is 54.2 Å². The molecule has 0 aliphatic carbocycles. The molecule has 0 aliphatic heterocycles. The molecule has 34 heavy (non-hydrogen) atoms. The van der Waals surface area contributed by atoms with E-state index in [1.54, 1.807) is 13.3 Å². The van der Waals surface area contributed by atoms with Gasteiger partial charge in [0.2, 0.25) is 0 Å². The number of thioether (sulfide) groups is 1. The Morgan fingerprint density at radius 1 is 1.09 bits per heavy atom. The van der Waals surface area contributed by atoms with Gasteiger partial charge >= 0.3 is 0 Å². The third kappa shape index (κ3) is 5.77. The Labute approximate surface area is 202 Å². The third-order valence-corrected chi connectivity index (χ3v) is 6.07. The van der Waals surface area contributed by atoms with E-state index in [1.807, 2.05) is 72.8 Å². The topological polar surface area (TPSA) is 77.7 Å². The maximum Gasteiger partial charge on any atom is 0.250 e. The fourth-order valence-corrected chi connectivity index (χ4v) is 4.30. The summed E-state index contributed by atoms with van der Waals surface area (Å²) in [4.78, 5) is 16.9. The average Bonchev–Trinajstić information content (AvgIpc) is 3.24. The third-order valence-electron chi connectivity index (χ3n) is 5.10. The van der Waals surface area contributed by atoms with Crippen LogP contribution < -0.4 is 14.9 Å². The standard InChI is InChI=1S/C26H26N4O3S/c1-3-30-22-12-8-7-11-21(22)28-26(30)34-18-25(31)29-27-16-20-13-14-23(24(15-20)32-2)33-17-19-9-5-4-6-10-19/h4-16H,3,17-18H2,1-2H3,(H,29,31). The van der Waals surface area contributed by atoms with Gasteiger partial charge in [0.15, 0.2) is 16.7 Å². The number of benzene rings is 3. The zero-order valence-corrected chi connectivity index (χ0v) is 19.9. The Hall–Kier alpha value is -3.78. The number of aryl methyl sites for hydroxylation is 1. The molecule has 0 spiro atoms. The molecule has 1 amide bonds. The number of hydrazone groups is 1. The molecule has 1 heterocycles. The predicted octanol–water partition coefficient (Wildman–Crippen LogP) is 4.89. The predicted molar refractivity (Wildman–Crippen MR) is 136 cm³/mol. The van der Waals surface area contributed by atoms with E-state index in [0.717, 1.165) is 33.9 Å². The molecular weight excluding hydrogens is 448 g/mol. The summed E-state index contributed by atoms with van der Waals surface area (Å²) in [6.45, 7) is 3.30. The number of ether oxygens (including phenoxy) is 2. The van der Waals surface area contributed by atoms with Crippen molar-refractivity contribution in [1.82, 2.24) is 15.0 Å². The van der Waals surface area contributed by atoms with Gasteiger partial charge in [-0.25, -0.2) is 10.4 Å². The lowest BCUT2D eigenvalue weighted by atomic mass is 10.2. The summed E-state index contributed by atoms with van der Waals surface area (Å²) in [5.41, 5.74) is 6.42. The summed E-state index contributed by atoms with van der Waals surface area (Å²) in [6, 6.07) is 23.4. The maximum atomic E-state index is 12.3. The molecule has 4 aromatic rings. The number of hydrogen-bond acceptors (Lipinski definition) is 6. The molecule has 1 aromatic heterocycles. The van der Waals surface area contributed by atoms with Gasteiger partial charge in [0, 0.05) is 6.54 Å². The van der Waals surface area contributed by atoms with Crippen LogP contribution in [0, 0.1) is 0 Å². The van der Waals surface area contributed by atoms with Gasteiger partial charge in [-0.05, 0) is 48.4 Å². The van der Waals surface area contributed by atoms with Gasteiger partial charge < -0.3 is 14.0 Å². The van der Waals surface area contributed by atoms with Crippen LogP contribution in [0.3, 0.4) is 0 Å². The number of fused-ring (bicyclic) bond motifs is 1. The molecule has 0 fully saturated rings. The fourth-order valence-electron chi connectivity index (χ4n) is 3.43. The van der Waals surface area contributed by atoms with Gasteiger partial charge in [-0.2, -0.15) is 5.10 Å². The Morgan fingerprint density at radius 2 is 1.88 bits per heavy atom. The lowest BCUT2D eigenvalue weighted by Gasteiger charge is -2.11. The smallest absolute Gasteiger partial charge is 0.250 e. The van der Waals surface area contributed by atoms with Crippen molar-refractivity contribution < 1.29 is 14.3 Å². The van der Waals surface area contributed by atoms with Crippen molar-refractivity contribution in [1.29, 1.82) is 0 Å². The summed E-state index contributed by atoms with van der Waals surface area (Å²) < 4.78 is 13.4. The first kappa shape index (κ1) is 23.4. The molecule has 0 atom stereocenters. The number of aromatic nitrogens is 2. The van der Waals surface area contributed by atoms with E-state index in [1.165, 1.54) is 11.8 Å². The van der Waals surface area contributed by atoms with Crippen LogP contribution in [0.1, 0.15) is 18.1 Å². The molecule has 1 N–H and O–H groups in total. The fraction of sp³-hybridized carbons (Fsp3) is 0.192. The lowest BCUT2D eigenvalue weighted by molar-refractivity contribution is -0.118. The highest BCUT2D eigenvalue weighted by molar-refractivity contribution is 7.99. The average molecular weight is 475 g/mol. The Morgan fingerprint density at radius 3 is 2.68 bits per heavy atom. The molecule has 0 unspecified atom stereocenters. The second kappa shape index (κ2) is 11.4. The van der Waals surface area contributed by atoms with Gasteiger partial charge in [0.05, 0.1) is 30.1 Å². The molecule has 0 radical (unpaired) electrons. The van der Waals surface area contributed by atoms with Crippen LogP contribution in [0.4, 0.5) is 0 Å². The Bertz CT molecular complexity index is 1290. The summed E-state index contributed by atoms with van der Waals surface area (Å²) in [7, 11) is 1.59. The van der Waals surface area contributed by atoms with Gasteiger partial charge in [0.25, 0.3) is 5.91 Å². The number of para-hydroxylation sites is 2. The van der Waals surface area contributed by atoms with E-state index in [9.17, 15) is 4.79 Å². The monoisotopic (exact) mass is 474 g/mol. The van der Waals surface area contributed by atoms with Crippen LogP contribution >= 0.6 is 11.8 Å². The summed E-state index contributed by atoms with van der Waals surface area (Å²) in [6.07, 6.45) is 1.58. The summed E-state index contributed by atoms with van der Waals surface area (Å²) >= 11 is 1.39. The first-order chi connectivity index (χ1) is 16.7. The van der Waals surface area contributed by atoms with Crippen LogP contribution in [0.2, 0.25) is 0 Å². The van der Waals surface area contributed by atoms with Crippen LogP contribution in [0.25, 0.3) is 11.0 Å². The number of methoxy groups -OCH3 is 1. The van der Waals surface area contributed by atoms with E-state index >= 15 is 0 Å². The zero-order valence-electron chi connectivity index (χ0n) is 19.1. The second-order valence-electron chi connectivity index (χ2n) is 7.39. The Balaban J connectivity index is 1.31. The zero-order chi connectivity index (χ0) is 23.8. The highest BCUT2D eigenvalue weighted by Crippen LogP contribution is 2.28. The molecule has 7 nitrogen and oxygen atoms in total. The molecule has 174 valence electrons. The molecule has 0 aliphatic rings. The number of amides is 1. The number of nitrogens with one attached hydrogen (secondary N) is 1. The van der Waals surface area contributed by atoms with Crippen LogP contribution in [-0.2, 0) is 17.9 Å². The van der Waals surface area contributed by atoms with E-state index in [0.29, 0.717) is 18.1 Å². The van der Waals surface area contributed by atoms with Gasteiger partial charge in [-0.15, -0.1) is 0 Å². The Kier molecular flexibility index (Phi) is 7.83. The second-order valence-corrected chi connectivity index (χ2v) is 8.34. The molecule has 4 rings (SSSR count). The van der Waals surface area contributed by atoms with E-state index in [4.69, 9.17) is 9.47 Å². The van der Waals surface area contributed by atoms with Crippen LogP contribution in [0.5, 0.6) is 11.5 Å². The highest BCUT2D eigenvalue weighted by atomic mass is 32.2. The minimum Gasteiger partial charge on any atom is -0.493 e. The molecular formula is C26H26N4O3S. The first-order valence-electron chi connectivity index (χ1n) is 10.9. The van der Waals surface area contributed by atoms with Crippen LogP contribution in [-0.4, -0.2) is 34.5 Å². The number of nitrogens with zero attached hydrogens (tertiary/aromatic N) is 3. The molecule has 3 aromatic carbocycles. The van der Waals surface area contributed by atoms with Gasteiger partial charge in [-0.3, -0.25) is 4.79 Å². The minimum atomic E-state index is -0.203. The van der Waals surface area contributed by atoms with Crippen molar-refractivity contribution in [2.24, 2.45) is 5.10 Å². The van der Waals surface area contributed by atoms with Crippen molar-refractivity contribution in [2.75, 3.05) is 12.9 Å². The largest absolute Gasteiger partial charge is 0.493 e. The number of carbonyl (C=O) groups excluding carboxylic acids is 1. The SMILES string of the molecule is CCn1c(SCC(=O)NN=Cc2ccc(OCc3ccccc3)c(OC)c2)nc2ccccc21. The van der Waals surface area contributed by atoms with Crippen molar-refractivity contribution >= 4 is 34.9 Å². The summed E-state index contributed by atoms with van der Waals surface area (Å²) in [5.74, 6) is 1.25. The highest BCUT2D eigenvalue weighted by Gasteiger charge is 2.11. The first-order valence-corrected chi connectivity index (χ1v) is 11.9. The quantitative estimate of drug-likeness (QED) is 0.201. The molecule has 0 saturated heterocycles. The number of carbonyl (C=O) groups is 1. The van der Waals surface area contributed by atoms with E-state index < -0.39 is 0 Å². The van der Waals surface area contributed by atoms with Crippen LogP contribution in [0.15, 0.2) is 83.1 Å². The summed E-state index contributed by atoms with van der Waals surface area (Å²) in [5, 5.41) is 4.89. The van der Waals surface area contributed by atoms with E-state index in [-0.39, 0.29) is 11.7 Å². The molecule has 0 bridgehead atoms. The lowest BCUT2D eigenvalue weighted by Crippen LogP contribution is -2.20. The van der Waals surface area contributed by atoms with Gasteiger partial charge in [0.1, 0.15) is 6.61 Å². The number of imidazole rings is 1. The molecule has 0 saturated carbocycles. The number of rotatable bonds is 10. The molecule has 8 heteroatoms.